The van der Waals surface area contributed by atoms with E-state index in [0.717, 1.165) is 16.7 Å². The lowest BCUT2D eigenvalue weighted by atomic mass is 10.0. The summed E-state index contributed by atoms with van der Waals surface area (Å²) in [7, 11) is 0. The molecule has 0 aliphatic heterocycles. The number of carboxylic acid groups (broad SMARTS) is 1. The van der Waals surface area contributed by atoms with Gasteiger partial charge in [0.25, 0.3) is 5.91 Å². The predicted octanol–water partition coefficient (Wildman–Crippen LogP) is 4.85. The maximum absolute atomic E-state index is 12.5. The molecular weight excluding hydrogens is 456 g/mol. The smallest absolute Gasteiger partial charge is 0.408 e. The van der Waals surface area contributed by atoms with E-state index in [1.54, 1.807) is 45.0 Å². The summed E-state index contributed by atoms with van der Waals surface area (Å²) in [5.41, 5.74) is 3.86. The van der Waals surface area contributed by atoms with Gasteiger partial charge in [-0.2, -0.15) is 0 Å². The predicted molar refractivity (Wildman–Crippen MR) is 139 cm³/mol. The number of amides is 2. The number of rotatable bonds is 9. The van der Waals surface area contributed by atoms with E-state index in [2.05, 4.69) is 47.0 Å². The number of carboxylic acids is 1. The number of alkyl carbamates (subject to hydrolysis) is 1. The summed E-state index contributed by atoms with van der Waals surface area (Å²) in [5.74, 6) is -1.37. The van der Waals surface area contributed by atoms with Crippen LogP contribution in [0.2, 0.25) is 0 Å². The topological polar surface area (TPSA) is 105 Å². The van der Waals surface area contributed by atoms with Crippen LogP contribution in [0.1, 0.15) is 42.3 Å². The fraction of sp³-hybridized carbons (Fsp3) is 0.276. The number of benzene rings is 3. The molecule has 2 amide bonds. The average Bonchev–Trinajstić information content (AvgIpc) is 2.84. The van der Waals surface area contributed by atoms with Gasteiger partial charge in [-0.1, -0.05) is 66.7 Å². The molecule has 3 aromatic carbocycles. The van der Waals surface area contributed by atoms with Crippen LogP contribution >= 0.6 is 0 Å². The molecule has 0 fully saturated rings. The highest BCUT2D eigenvalue weighted by Crippen LogP contribution is 2.19. The van der Waals surface area contributed by atoms with Gasteiger partial charge in [-0.3, -0.25) is 4.79 Å². The highest BCUT2D eigenvalue weighted by atomic mass is 16.6. The zero-order valence-corrected chi connectivity index (χ0v) is 20.8. The second kappa shape index (κ2) is 12.0. The molecule has 0 radical (unpaired) electrons. The average molecular weight is 489 g/mol. The summed E-state index contributed by atoms with van der Waals surface area (Å²) in [4.78, 5) is 36.0. The molecule has 1 atom stereocenters. The Morgan fingerprint density at radius 1 is 0.833 bits per heavy atom. The zero-order valence-electron chi connectivity index (χ0n) is 20.8. The monoisotopic (exact) mass is 488 g/mol. The van der Waals surface area contributed by atoms with Crippen LogP contribution in [0, 0.1) is 0 Å². The highest BCUT2D eigenvalue weighted by Gasteiger charge is 2.24. The molecule has 7 heteroatoms. The van der Waals surface area contributed by atoms with E-state index in [0.29, 0.717) is 24.1 Å². The summed E-state index contributed by atoms with van der Waals surface area (Å²) >= 11 is 0. The first-order valence-electron chi connectivity index (χ1n) is 11.8. The van der Waals surface area contributed by atoms with E-state index in [1.807, 2.05) is 18.2 Å². The molecule has 0 saturated heterocycles. The molecule has 7 nitrogen and oxygen atoms in total. The van der Waals surface area contributed by atoms with Crippen molar-refractivity contribution in [3.05, 3.63) is 95.6 Å². The Morgan fingerprint density at radius 3 is 2.00 bits per heavy atom. The van der Waals surface area contributed by atoms with Crippen LogP contribution in [0.5, 0.6) is 0 Å². The Bertz CT molecular complexity index is 1170. The van der Waals surface area contributed by atoms with Gasteiger partial charge in [-0.05, 0) is 61.6 Å². The van der Waals surface area contributed by atoms with Gasteiger partial charge in [0.15, 0.2) is 0 Å². The number of ether oxygens (including phenoxy) is 1. The van der Waals surface area contributed by atoms with Gasteiger partial charge in [0.2, 0.25) is 0 Å². The van der Waals surface area contributed by atoms with Crippen molar-refractivity contribution >= 4 is 18.0 Å². The standard InChI is InChI=1S/C29H32N2O5/c1-29(2,3)36-28(35)31-25(27(33)34)19-21-11-15-24(16-12-21)26(32)30-18-17-20-9-13-23(14-10-20)22-7-5-4-6-8-22/h4-16,25H,17-19H2,1-3H3,(H,30,32)(H,31,35)(H,33,34). The van der Waals surface area contributed by atoms with E-state index in [9.17, 15) is 19.5 Å². The molecule has 188 valence electrons. The molecule has 0 aromatic heterocycles. The van der Waals surface area contributed by atoms with Crippen LogP contribution in [0.15, 0.2) is 78.9 Å². The molecule has 0 bridgehead atoms. The number of hydrogen-bond donors (Lipinski definition) is 3. The van der Waals surface area contributed by atoms with E-state index >= 15 is 0 Å². The Morgan fingerprint density at radius 2 is 1.42 bits per heavy atom. The molecule has 0 aliphatic rings. The van der Waals surface area contributed by atoms with Crippen molar-refractivity contribution in [3.63, 3.8) is 0 Å². The third-order valence-electron chi connectivity index (χ3n) is 5.41. The molecule has 0 aliphatic carbocycles. The van der Waals surface area contributed by atoms with Crippen molar-refractivity contribution in [2.45, 2.75) is 45.3 Å². The Kier molecular flexibility index (Phi) is 8.84. The zero-order chi connectivity index (χ0) is 26.1. The number of carbonyl (C=O) groups is 3. The molecule has 0 saturated carbocycles. The minimum Gasteiger partial charge on any atom is -0.480 e. The molecule has 0 spiro atoms. The first-order valence-corrected chi connectivity index (χ1v) is 11.8. The maximum Gasteiger partial charge on any atom is 0.408 e. The normalized spacial score (nSPS) is 11.9. The molecule has 3 rings (SSSR count). The third kappa shape index (κ3) is 8.27. The van der Waals surface area contributed by atoms with Gasteiger partial charge >= 0.3 is 12.1 Å². The SMILES string of the molecule is CC(C)(C)OC(=O)NC(Cc1ccc(C(=O)NCCc2ccc(-c3ccccc3)cc2)cc1)C(=O)O. The molecule has 3 N–H and O–H groups in total. The fourth-order valence-electron chi connectivity index (χ4n) is 3.59. The lowest BCUT2D eigenvalue weighted by Gasteiger charge is -2.22. The van der Waals surface area contributed by atoms with Crippen LogP contribution in [-0.2, 0) is 22.4 Å². The summed E-state index contributed by atoms with van der Waals surface area (Å²) < 4.78 is 5.14. The third-order valence-corrected chi connectivity index (χ3v) is 5.41. The number of hydrogen-bond acceptors (Lipinski definition) is 4. The van der Waals surface area contributed by atoms with Crippen molar-refractivity contribution in [2.24, 2.45) is 0 Å². The summed E-state index contributed by atoms with van der Waals surface area (Å²) in [6, 6.07) is 23.9. The van der Waals surface area contributed by atoms with Crippen LogP contribution < -0.4 is 10.6 Å². The summed E-state index contributed by atoms with van der Waals surface area (Å²) in [6.45, 7) is 5.60. The second-order valence-corrected chi connectivity index (χ2v) is 9.51. The van der Waals surface area contributed by atoms with Gasteiger partial charge in [0.1, 0.15) is 11.6 Å². The van der Waals surface area contributed by atoms with Gasteiger partial charge in [0.05, 0.1) is 0 Å². The minimum absolute atomic E-state index is 0.0649. The van der Waals surface area contributed by atoms with E-state index in [4.69, 9.17) is 4.74 Å². The summed E-state index contributed by atoms with van der Waals surface area (Å²) in [5, 5.41) is 14.7. The van der Waals surface area contributed by atoms with E-state index in [1.165, 1.54) is 0 Å². The van der Waals surface area contributed by atoms with Crippen LogP contribution in [0.25, 0.3) is 11.1 Å². The molecule has 1 unspecified atom stereocenters. The first-order chi connectivity index (χ1) is 17.1. The van der Waals surface area contributed by atoms with Gasteiger partial charge in [-0.25, -0.2) is 9.59 Å². The van der Waals surface area contributed by atoms with Gasteiger partial charge < -0.3 is 20.5 Å². The number of aliphatic carboxylic acids is 1. The molecule has 0 heterocycles. The molecule has 36 heavy (non-hydrogen) atoms. The fourth-order valence-corrected chi connectivity index (χ4v) is 3.59. The first kappa shape index (κ1) is 26.5. The Labute approximate surface area is 211 Å². The largest absolute Gasteiger partial charge is 0.480 e. The highest BCUT2D eigenvalue weighted by molar-refractivity contribution is 5.94. The van der Waals surface area contributed by atoms with Crippen LogP contribution in [0.4, 0.5) is 4.79 Å². The van der Waals surface area contributed by atoms with Crippen LogP contribution in [-0.4, -0.2) is 41.3 Å². The van der Waals surface area contributed by atoms with Crippen molar-refractivity contribution in [1.29, 1.82) is 0 Å². The minimum atomic E-state index is -1.17. The van der Waals surface area contributed by atoms with Crippen molar-refractivity contribution in [3.8, 4) is 11.1 Å². The quantitative estimate of drug-likeness (QED) is 0.400. The lowest BCUT2D eigenvalue weighted by molar-refractivity contribution is -0.139. The second-order valence-electron chi connectivity index (χ2n) is 9.51. The van der Waals surface area contributed by atoms with E-state index < -0.39 is 23.7 Å². The number of carbonyl (C=O) groups excluding carboxylic acids is 2. The van der Waals surface area contributed by atoms with Crippen molar-refractivity contribution in [2.75, 3.05) is 6.54 Å². The molecular formula is C29H32N2O5. The Balaban J connectivity index is 1.49. The van der Waals surface area contributed by atoms with Crippen molar-refractivity contribution < 1.29 is 24.2 Å². The number of nitrogens with one attached hydrogen (secondary N) is 2. The van der Waals surface area contributed by atoms with E-state index in [-0.39, 0.29) is 12.3 Å². The molecule has 3 aromatic rings. The van der Waals surface area contributed by atoms with Crippen LogP contribution in [0.3, 0.4) is 0 Å². The maximum atomic E-state index is 12.5. The lowest BCUT2D eigenvalue weighted by Crippen LogP contribution is -2.44. The van der Waals surface area contributed by atoms with Gasteiger partial charge in [0, 0.05) is 18.5 Å². The Hall–Kier alpha value is -4.13. The van der Waals surface area contributed by atoms with Gasteiger partial charge in [-0.15, -0.1) is 0 Å². The summed E-state index contributed by atoms with van der Waals surface area (Å²) in [6.07, 6.45) is -0.0223. The van der Waals surface area contributed by atoms with Crippen molar-refractivity contribution in [1.82, 2.24) is 10.6 Å².